The number of sulfonamides is 1. The zero-order valence-corrected chi connectivity index (χ0v) is 32.0. The van der Waals surface area contributed by atoms with E-state index in [1.807, 2.05) is 51.6 Å². The van der Waals surface area contributed by atoms with Crippen molar-refractivity contribution >= 4 is 54.6 Å². The van der Waals surface area contributed by atoms with E-state index >= 15 is 0 Å². The summed E-state index contributed by atoms with van der Waals surface area (Å²) >= 11 is 6.05. The van der Waals surface area contributed by atoms with Crippen LogP contribution in [0.15, 0.2) is 76.4 Å². The molecule has 5 heterocycles. The third-order valence-corrected chi connectivity index (χ3v) is 12.6. The predicted molar refractivity (Wildman–Crippen MR) is 214 cm³/mol. The van der Waals surface area contributed by atoms with Gasteiger partial charge in [-0.3, -0.25) is 9.13 Å². The molecule has 2 fully saturated rings. The van der Waals surface area contributed by atoms with Gasteiger partial charge in [-0.05, 0) is 132 Å². The molecule has 0 spiro atoms. The first-order chi connectivity index (χ1) is 25.6. The Balaban J connectivity index is 0.000000170. The number of rotatable bonds is 10. The number of aromatic amines is 3. The number of imidazole rings is 2. The molecule has 0 saturated carbocycles. The van der Waals surface area contributed by atoms with Gasteiger partial charge in [0, 0.05) is 47.8 Å². The Morgan fingerprint density at radius 2 is 1.58 bits per heavy atom. The van der Waals surface area contributed by atoms with Gasteiger partial charge in [-0.2, -0.15) is 0 Å². The average molecular weight is 761 g/mol. The highest BCUT2D eigenvalue weighted by Gasteiger charge is 2.24. The van der Waals surface area contributed by atoms with Gasteiger partial charge < -0.3 is 24.8 Å². The van der Waals surface area contributed by atoms with E-state index in [-0.39, 0.29) is 23.2 Å². The molecule has 3 aromatic heterocycles. The molecule has 0 atom stereocenters. The summed E-state index contributed by atoms with van der Waals surface area (Å²) in [4.78, 5) is 38.7. The quantitative estimate of drug-likeness (QED) is 0.147. The molecule has 2 aliphatic heterocycles. The molecule has 0 amide bonds. The first-order valence-electron chi connectivity index (χ1n) is 18.6. The molecule has 6 aromatic rings. The van der Waals surface area contributed by atoms with Crippen LogP contribution in [0.25, 0.3) is 33.0 Å². The summed E-state index contributed by atoms with van der Waals surface area (Å²) < 4.78 is 29.3. The van der Waals surface area contributed by atoms with E-state index in [2.05, 4.69) is 54.9 Å². The largest absolute Gasteiger partial charge is 0.361 e. The van der Waals surface area contributed by atoms with E-state index in [9.17, 15) is 18.0 Å². The van der Waals surface area contributed by atoms with Crippen LogP contribution >= 0.6 is 11.6 Å². The highest BCUT2D eigenvalue weighted by Crippen LogP contribution is 2.33. The van der Waals surface area contributed by atoms with E-state index in [1.54, 1.807) is 6.07 Å². The summed E-state index contributed by atoms with van der Waals surface area (Å²) in [7, 11) is 0.476. The van der Waals surface area contributed by atoms with E-state index in [4.69, 9.17) is 11.6 Å². The lowest BCUT2D eigenvalue weighted by Gasteiger charge is -2.32. The van der Waals surface area contributed by atoms with Crippen LogP contribution in [0.1, 0.15) is 55.2 Å². The fraction of sp³-hybridized carbons (Fsp3) is 0.436. The monoisotopic (exact) mass is 760 g/mol. The summed E-state index contributed by atoms with van der Waals surface area (Å²) in [6.45, 7) is 5.80. The second kappa shape index (κ2) is 16.1. The van der Waals surface area contributed by atoms with Crippen molar-refractivity contribution in [2.45, 2.75) is 57.0 Å². The predicted octanol–water partition coefficient (Wildman–Crippen LogP) is 5.42. The normalized spacial score (nSPS) is 16.8. The smallest absolute Gasteiger partial charge is 0.326 e. The van der Waals surface area contributed by atoms with Crippen molar-refractivity contribution < 1.29 is 8.42 Å². The average Bonchev–Trinajstić information content (AvgIpc) is 3.83. The summed E-state index contributed by atoms with van der Waals surface area (Å²) in [6, 6.07) is 19.8. The number of nitrogens with one attached hydrogen (secondary N) is 4. The van der Waals surface area contributed by atoms with Crippen LogP contribution in [0.2, 0.25) is 5.02 Å². The standard InChI is InChI=1S/C22H24ClN5O2.C17H25N3O2S/c23-15-6-7-20-18(14-15)25-22(30)28(20)16-8-12-26(13-9-16)10-3-11-27-19-5-2-1-4-17(19)24-21(27)29;1-18-23(21,22)10-7-13-3-4-17-15(11-13)16(12-19-17)14-5-8-20(2)9-6-14/h1-2,4-7,14,16H,3,8-13H2,(H,24,29)(H,25,30);3-4,11-12,14,18-19H,5-10H2,1-2H3. The van der Waals surface area contributed by atoms with Crippen LogP contribution in [-0.2, 0) is 23.0 Å². The molecule has 0 radical (unpaired) electrons. The second-order valence-corrected chi connectivity index (χ2v) is 16.9. The van der Waals surface area contributed by atoms with E-state index in [0.29, 0.717) is 23.9 Å². The number of H-pyrrole nitrogens is 3. The van der Waals surface area contributed by atoms with E-state index < -0.39 is 10.0 Å². The number of hydrogen-bond acceptors (Lipinski definition) is 6. The number of halogens is 1. The van der Waals surface area contributed by atoms with Crippen molar-refractivity contribution in [1.29, 1.82) is 0 Å². The maximum atomic E-state index is 12.5. The number of piperidine rings is 2. The molecule has 0 aliphatic carbocycles. The zero-order chi connectivity index (χ0) is 37.1. The lowest BCUT2D eigenvalue weighted by atomic mass is 9.89. The van der Waals surface area contributed by atoms with Crippen LogP contribution < -0.4 is 16.1 Å². The van der Waals surface area contributed by atoms with E-state index in [1.165, 1.54) is 30.8 Å². The number of fused-ring (bicyclic) bond motifs is 3. The molecule has 8 rings (SSSR count). The topological polar surface area (TPSA) is 144 Å². The minimum absolute atomic E-state index is 0.0475. The van der Waals surface area contributed by atoms with Crippen molar-refractivity contribution in [3.8, 4) is 0 Å². The van der Waals surface area contributed by atoms with Gasteiger partial charge in [0.1, 0.15) is 0 Å². The summed E-state index contributed by atoms with van der Waals surface area (Å²) in [5.74, 6) is 0.722. The van der Waals surface area contributed by atoms with Gasteiger partial charge in [-0.15, -0.1) is 0 Å². The third kappa shape index (κ3) is 8.49. The molecule has 12 nitrogen and oxygen atoms in total. The Morgan fingerprint density at radius 1 is 0.830 bits per heavy atom. The maximum absolute atomic E-state index is 12.5. The second-order valence-electron chi connectivity index (χ2n) is 14.5. The zero-order valence-electron chi connectivity index (χ0n) is 30.4. The van der Waals surface area contributed by atoms with Crippen LogP contribution in [-0.4, -0.2) is 94.9 Å². The van der Waals surface area contributed by atoms with Crippen molar-refractivity contribution in [2.24, 2.45) is 0 Å². The molecule has 0 unspecified atom stereocenters. The molecule has 282 valence electrons. The Morgan fingerprint density at radius 3 is 2.36 bits per heavy atom. The molecule has 2 saturated heterocycles. The molecular weight excluding hydrogens is 712 g/mol. The summed E-state index contributed by atoms with van der Waals surface area (Å²) in [5, 5.41) is 1.87. The fourth-order valence-corrected chi connectivity index (χ4v) is 8.89. The number of hydrogen-bond donors (Lipinski definition) is 4. The first kappa shape index (κ1) is 37.2. The Bertz CT molecular complexity index is 2410. The van der Waals surface area contributed by atoms with Gasteiger partial charge in [-0.25, -0.2) is 22.7 Å². The molecule has 0 bridgehead atoms. The molecule has 4 N–H and O–H groups in total. The van der Waals surface area contributed by atoms with Gasteiger partial charge >= 0.3 is 11.4 Å². The van der Waals surface area contributed by atoms with Gasteiger partial charge in [0.15, 0.2) is 0 Å². The molecule has 53 heavy (non-hydrogen) atoms. The van der Waals surface area contributed by atoms with Crippen LogP contribution in [0.3, 0.4) is 0 Å². The van der Waals surface area contributed by atoms with Crippen LogP contribution in [0.5, 0.6) is 0 Å². The van der Waals surface area contributed by atoms with Crippen LogP contribution in [0, 0.1) is 0 Å². The van der Waals surface area contributed by atoms with Crippen molar-refractivity contribution in [3.63, 3.8) is 0 Å². The Labute approximate surface area is 314 Å². The highest BCUT2D eigenvalue weighted by molar-refractivity contribution is 7.89. The molecular formula is C39H49ClN8O4S. The van der Waals surface area contributed by atoms with Crippen molar-refractivity contribution in [1.82, 2.24) is 38.6 Å². The first-order valence-corrected chi connectivity index (χ1v) is 20.6. The van der Waals surface area contributed by atoms with Gasteiger partial charge in [-0.1, -0.05) is 29.8 Å². The number of likely N-dealkylation sites (tertiary alicyclic amines) is 2. The van der Waals surface area contributed by atoms with Gasteiger partial charge in [0.2, 0.25) is 10.0 Å². The van der Waals surface area contributed by atoms with Crippen LogP contribution in [0.4, 0.5) is 0 Å². The number of nitrogens with zero attached hydrogens (tertiary/aromatic N) is 4. The lowest BCUT2D eigenvalue weighted by Crippen LogP contribution is -2.37. The molecule has 3 aromatic carbocycles. The SMILES string of the molecule is CNS(=O)(=O)CCc1ccc2[nH]cc(C3CCN(C)CC3)c2c1.O=c1[nH]c2ccccc2n1CCCN1CCC(n2c(=O)[nH]c3cc(Cl)ccc32)CC1. The number of aryl methyl sites for hydroxylation is 2. The molecule has 14 heteroatoms. The number of para-hydroxylation sites is 2. The minimum atomic E-state index is -3.16. The third-order valence-electron chi connectivity index (χ3n) is 11.0. The summed E-state index contributed by atoms with van der Waals surface area (Å²) in [5.41, 5.74) is 7.03. The van der Waals surface area contributed by atoms with Crippen molar-refractivity contribution in [2.75, 3.05) is 52.6 Å². The lowest BCUT2D eigenvalue weighted by molar-refractivity contribution is 0.183. The van der Waals surface area contributed by atoms with Crippen molar-refractivity contribution in [3.05, 3.63) is 104 Å². The Hall–Kier alpha value is -4.14. The van der Waals surface area contributed by atoms with Gasteiger partial charge in [0.25, 0.3) is 0 Å². The molecule has 2 aliphatic rings. The van der Waals surface area contributed by atoms with E-state index in [0.717, 1.165) is 85.1 Å². The Kier molecular flexibility index (Phi) is 11.3. The maximum Gasteiger partial charge on any atom is 0.326 e. The fourth-order valence-electron chi connectivity index (χ4n) is 8.00. The highest BCUT2D eigenvalue weighted by atomic mass is 35.5. The minimum Gasteiger partial charge on any atom is -0.361 e. The summed E-state index contributed by atoms with van der Waals surface area (Å²) in [6.07, 6.45) is 7.82. The van der Waals surface area contributed by atoms with Gasteiger partial charge in [0.05, 0.1) is 27.8 Å². The number of aromatic nitrogens is 5. The number of benzene rings is 3.